The lowest BCUT2D eigenvalue weighted by molar-refractivity contribution is -0.116. The number of amides is 1. The number of esters is 1. The molecule has 1 heterocycles. The minimum Gasteiger partial charge on any atom is -0.465 e. The van der Waals surface area contributed by atoms with E-state index in [1.807, 2.05) is 48.5 Å². The van der Waals surface area contributed by atoms with Gasteiger partial charge in [0, 0.05) is 16.8 Å². The van der Waals surface area contributed by atoms with Gasteiger partial charge in [0.1, 0.15) is 4.88 Å². The molecular weight excluding hydrogens is 322 g/mol. The molecule has 2 aromatic carbocycles. The summed E-state index contributed by atoms with van der Waals surface area (Å²) in [5, 5.41) is 3.82. The standard InChI is InChI=1S/C19H17NO3S/c1-23-19(22)17-12-14-11-15(8-9-16(14)24-17)20-18(21)10-7-13-5-3-2-4-6-13/h2-6,8-9,11-12H,7,10H2,1H3,(H,20,21). The SMILES string of the molecule is COC(=O)c1cc2cc(NC(=O)CCc3ccccc3)ccc2s1. The van der Waals surface area contributed by atoms with Crippen LogP contribution in [0.4, 0.5) is 5.69 Å². The van der Waals surface area contributed by atoms with Crippen LogP contribution < -0.4 is 5.32 Å². The maximum absolute atomic E-state index is 12.1. The van der Waals surface area contributed by atoms with Crippen LogP contribution in [0.2, 0.25) is 0 Å². The van der Waals surface area contributed by atoms with Crippen molar-refractivity contribution >= 4 is 39.0 Å². The number of nitrogens with one attached hydrogen (secondary N) is 1. The lowest BCUT2D eigenvalue weighted by atomic mass is 10.1. The second-order valence-electron chi connectivity index (χ2n) is 5.39. The number of methoxy groups -OCH3 is 1. The van der Waals surface area contributed by atoms with E-state index in [-0.39, 0.29) is 11.9 Å². The molecule has 0 fully saturated rings. The highest BCUT2D eigenvalue weighted by molar-refractivity contribution is 7.20. The molecule has 1 N–H and O–H groups in total. The van der Waals surface area contributed by atoms with E-state index < -0.39 is 0 Å². The molecule has 1 aromatic heterocycles. The normalized spacial score (nSPS) is 10.5. The van der Waals surface area contributed by atoms with Crippen LogP contribution in [-0.2, 0) is 16.0 Å². The lowest BCUT2D eigenvalue weighted by Gasteiger charge is -2.05. The van der Waals surface area contributed by atoms with E-state index in [2.05, 4.69) is 5.32 Å². The number of carbonyl (C=O) groups excluding carboxylic acids is 2. The largest absolute Gasteiger partial charge is 0.465 e. The van der Waals surface area contributed by atoms with Gasteiger partial charge in [0.05, 0.1) is 7.11 Å². The summed E-state index contributed by atoms with van der Waals surface area (Å²) in [6.07, 6.45) is 1.14. The summed E-state index contributed by atoms with van der Waals surface area (Å²) in [7, 11) is 1.37. The van der Waals surface area contributed by atoms with Crippen LogP contribution in [-0.4, -0.2) is 19.0 Å². The Bertz CT molecular complexity index is 871. The first kappa shape index (κ1) is 16.2. The molecule has 0 aliphatic rings. The number of thiophene rings is 1. The molecule has 3 rings (SSSR count). The van der Waals surface area contributed by atoms with Crippen molar-refractivity contribution in [2.45, 2.75) is 12.8 Å². The van der Waals surface area contributed by atoms with Crippen LogP contribution in [0.1, 0.15) is 21.7 Å². The molecular formula is C19H17NO3S. The zero-order valence-electron chi connectivity index (χ0n) is 13.2. The van der Waals surface area contributed by atoms with Crippen LogP contribution >= 0.6 is 11.3 Å². The molecule has 0 radical (unpaired) electrons. The van der Waals surface area contributed by atoms with Crippen molar-refractivity contribution in [3.63, 3.8) is 0 Å². The summed E-state index contributed by atoms with van der Waals surface area (Å²) in [4.78, 5) is 24.2. The van der Waals surface area contributed by atoms with Crippen molar-refractivity contribution in [3.8, 4) is 0 Å². The molecule has 0 saturated heterocycles. The molecule has 1 amide bonds. The van der Waals surface area contributed by atoms with Crippen LogP contribution in [0.15, 0.2) is 54.6 Å². The van der Waals surface area contributed by atoms with Gasteiger partial charge in [-0.05, 0) is 41.6 Å². The average molecular weight is 339 g/mol. The Labute approximate surface area is 144 Å². The van der Waals surface area contributed by atoms with Crippen molar-refractivity contribution in [1.29, 1.82) is 0 Å². The lowest BCUT2D eigenvalue weighted by Crippen LogP contribution is -2.12. The molecule has 122 valence electrons. The number of hydrogen-bond acceptors (Lipinski definition) is 4. The minimum absolute atomic E-state index is 0.0263. The highest BCUT2D eigenvalue weighted by Gasteiger charge is 2.11. The zero-order chi connectivity index (χ0) is 16.9. The molecule has 0 unspecified atom stereocenters. The monoisotopic (exact) mass is 339 g/mol. The smallest absolute Gasteiger partial charge is 0.348 e. The number of anilines is 1. The van der Waals surface area contributed by atoms with Crippen molar-refractivity contribution in [2.24, 2.45) is 0 Å². The Morgan fingerprint density at radius 3 is 2.62 bits per heavy atom. The number of benzene rings is 2. The average Bonchev–Trinajstić information content (AvgIpc) is 3.03. The molecule has 0 spiro atoms. The van der Waals surface area contributed by atoms with E-state index in [4.69, 9.17) is 4.74 Å². The summed E-state index contributed by atoms with van der Waals surface area (Å²) in [5.74, 6) is -0.369. The summed E-state index contributed by atoms with van der Waals surface area (Å²) >= 11 is 1.38. The Balaban J connectivity index is 1.66. The fourth-order valence-electron chi connectivity index (χ4n) is 2.45. The highest BCUT2D eigenvalue weighted by atomic mass is 32.1. The van der Waals surface area contributed by atoms with Crippen LogP contribution in [0, 0.1) is 0 Å². The highest BCUT2D eigenvalue weighted by Crippen LogP contribution is 2.28. The number of rotatable bonds is 5. The van der Waals surface area contributed by atoms with Gasteiger partial charge in [-0.2, -0.15) is 0 Å². The van der Waals surface area contributed by atoms with Gasteiger partial charge in [-0.25, -0.2) is 4.79 Å². The summed E-state index contributed by atoms with van der Waals surface area (Å²) < 4.78 is 5.72. The fourth-order valence-corrected chi connectivity index (χ4v) is 3.41. The van der Waals surface area contributed by atoms with Crippen molar-refractivity contribution < 1.29 is 14.3 Å². The fraction of sp³-hybridized carbons (Fsp3) is 0.158. The van der Waals surface area contributed by atoms with E-state index in [0.717, 1.165) is 21.3 Å². The van der Waals surface area contributed by atoms with Gasteiger partial charge in [0.25, 0.3) is 0 Å². The number of aryl methyl sites for hydroxylation is 1. The second-order valence-corrected chi connectivity index (χ2v) is 6.47. The molecule has 24 heavy (non-hydrogen) atoms. The Morgan fingerprint density at radius 1 is 1.08 bits per heavy atom. The minimum atomic E-state index is -0.343. The predicted octanol–water partition coefficient (Wildman–Crippen LogP) is 4.26. The third-order valence-corrected chi connectivity index (χ3v) is 4.77. The van der Waals surface area contributed by atoms with Gasteiger partial charge < -0.3 is 10.1 Å². The summed E-state index contributed by atoms with van der Waals surface area (Å²) in [5.41, 5.74) is 1.87. The molecule has 3 aromatic rings. The predicted molar refractivity (Wildman–Crippen MR) is 96.6 cm³/mol. The van der Waals surface area contributed by atoms with Gasteiger partial charge in [-0.3, -0.25) is 4.79 Å². The third kappa shape index (κ3) is 3.81. The Kier molecular flexibility index (Phi) is 4.91. The first-order chi connectivity index (χ1) is 11.7. The van der Waals surface area contributed by atoms with Gasteiger partial charge in [0.2, 0.25) is 5.91 Å². The molecule has 0 atom stereocenters. The van der Waals surface area contributed by atoms with Crippen molar-refractivity contribution in [1.82, 2.24) is 0 Å². The quantitative estimate of drug-likeness (QED) is 0.707. The number of carbonyl (C=O) groups is 2. The van der Waals surface area contributed by atoms with Gasteiger partial charge in [-0.15, -0.1) is 11.3 Å². The van der Waals surface area contributed by atoms with E-state index in [1.54, 1.807) is 6.07 Å². The molecule has 0 saturated carbocycles. The molecule has 4 nitrogen and oxygen atoms in total. The van der Waals surface area contributed by atoms with Crippen molar-refractivity contribution in [2.75, 3.05) is 12.4 Å². The molecule has 5 heteroatoms. The number of ether oxygens (including phenoxy) is 1. The maximum atomic E-state index is 12.1. The third-order valence-electron chi connectivity index (χ3n) is 3.67. The summed E-state index contributed by atoms with van der Waals surface area (Å²) in [6, 6.07) is 17.3. The number of hydrogen-bond donors (Lipinski definition) is 1. The molecule has 0 aliphatic carbocycles. The zero-order valence-corrected chi connectivity index (χ0v) is 14.1. The second kappa shape index (κ2) is 7.27. The van der Waals surface area contributed by atoms with E-state index in [1.165, 1.54) is 18.4 Å². The first-order valence-electron chi connectivity index (χ1n) is 7.61. The molecule has 0 aliphatic heterocycles. The van der Waals surface area contributed by atoms with Crippen molar-refractivity contribution in [3.05, 3.63) is 65.0 Å². The maximum Gasteiger partial charge on any atom is 0.348 e. The first-order valence-corrected chi connectivity index (χ1v) is 8.43. The van der Waals surface area contributed by atoms with Gasteiger partial charge in [-0.1, -0.05) is 30.3 Å². The van der Waals surface area contributed by atoms with E-state index in [0.29, 0.717) is 17.7 Å². The van der Waals surface area contributed by atoms with Crippen LogP contribution in [0.3, 0.4) is 0 Å². The Morgan fingerprint density at radius 2 is 1.88 bits per heavy atom. The van der Waals surface area contributed by atoms with E-state index >= 15 is 0 Å². The summed E-state index contributed by atoms with van der Waals surface area (Å²) in [6.45, 7) is 0. The number of fused-ring (bicyclic) bond motifs is 1. The topological polar surface area (TPSA) is 55.4 Å². The van der Waals surface area contributed by atoms with Crippen LogP contribution in [0.25, 0.3) is 10.1 Å². The van der Waals surface area contributed by atoms with Crippen LogP contribution in [0.5, 0.6) is 0 Å². The van der Waals surface area contributed by atoms with Gasteiger partial charge in [0.15, 0.2) is 0 Å². The van der Waals surface area contributed by atoms with Gasteiger partial charge >= 0.3 is 5.97 Å². The Hall–Kier alpha value is -2.66. The molecule has 0 bridgehead atoms. The van der Waals surface area contributed by atoms with E-state index in [9.17, 15) is 9.59 Å².